The number of nitrogens with zero attached hydrogens (tertiary/aromatic N) is 3. The predicted molar refractivity (Wildman–Crippen MR) is 89.7 cm³/mol. The van der Waals surface area contributed by atoms with E-state index < -0.39 is 0 Å². The van der Waals surface area contributed by atoms with Crippen LogP contribution in [0.5, 0.6) is 0 Å². The highest BCUT2D eigenvalue weighted by molar-refractivity contribution is 6.33. The molecule has 1 aliphatic rings. The maximum Gasteiger partial charge on any atom is 0.259 e. The molecule has 0 N–H and O–H groups in total. The SMILES string of the molecule is Cc1onc(-c2ccccc2Cl)c1C(=O)N1CCN(C)[C@H](C)C1. The molecule has 0 spiro atoms. The molecule has 23 heavy (non-hydrogen) atoms. The normalized spacial score (nSPS) is 19.1. The van der Waals surface area contributed by atoms with Gasteiger partial charge in [0.15, 0.2) is 0 Å². The summed E-state index contributed by atoms with van der Waals surface area (Å²) in [6, 6.07) is 7.69. The third-order valence-corrected chi connectivity index (χ3v) is 4.78. The first-order valence-electron chi connectivity index (χ1n) is 7.69. The molecule has 0 saturated carbocycles. The van der Waals surface area contributed by atoms with Crippen molar-refractivity contribution >= 4 is 17.5 Å². The van der Waals surface area contributed by atoms with Gasteiger partial charge in [-0.05, 0) is 27.0 Å². The molecule has 1 amide bonds. The third kappa shape index (κ3) is 2.99. The van der Waals surface area contributed by atoms with Gasteiger partial charge in [0.2, 0.25) is 0 Å². The molecule has 1 saturated heterocycles. The van der Waals surface area contributed by atoms with Gasteiger partial charge >= 0.3 is 0 Å². The van der Waals surface area contributed by atoms with Crippen LogP contribution >= 0.6 is 11.6 Å². The Kier molecular flexibility index (Phi) is 4.41. The Hall–Kier alpha value is -1.85. The van der Waals surface area contributed by atoms with Crippen LogP contribution in [0.2, 0.25) is 5.02 Å². The molecule has 1 fully saturated rings. The molecule has 122 valence electrons. The summed E-state index contributed by atoms with van der Waals surface area (Å²) in [6.45, 7) is 6.14. The van der Waals surface area contributed by atoms with E-state index in [9.17, 15) is 4.79 Å². The standard InChI is InChI=1S/C17H20ClN3O2/c1-11-10-21(9-8-20(11)3)17(22)15-12(2)23-19-16(15)13-6-4-5-7-14(13)18/h4-7,11H,8-10H2,1-3H3/t11-/m1/s1. The molecule has 0 aliphatic carbocycles. The zero-order chi connectivity index (χ0) is 16.6. The van der Waals surface area contributed by atoms with Gasteiger partial charge in [-0.1, -0.05) is 35.0 Å². The van der Waals surface area contributed by atoms with Gasteiger partial charge in [-0.15, -0.1) is 0 Å². The highest BCUT2D eigenvalue weighted by atomic mass is 35.5. The number of aromatic nitrogens is 1. The lowest BCUT2D eigenvalue weighted by atomic mass is 10.0. The molecule has 0 bridgehead atoms. The molecule has 3 rings (SSSR count). The van der Waals surface area contributed by atoms with E-state index in [2.05, 4.69) is 24.0 Å². The Morgan fingerprint density at radius 1 is 1.35 bits per heavy atom. The molecule has 2 heterocycles. The summed E-state index contributed by atoms with van der Waals surface area (Å²) in [6.07, 6.45) is 0. The number of hydrogen-bond donors (Lipinski definition) is 0. The highest BCUT2D eigenvalue weighted by Crippen LogP contribution is 2.32. The summed E-state index contributed by atoms with van der Waals surface area (Å²) in [7, 11) is 2.08. The third-order valence-electron chi connectivity index (χ3n) is 4.45. The van der Waals surface area contributed by atoms with Crippen molar-refractivity contribution in [1.82, 2.24) is 15.0 Å². The molecule has 5 nitrogen and oxygen atoms in total. The Labute approximate surface area is 140 Å². The van der Waals surface area contributed by atoms with Crippen molar-refractivity contribution in [2.24, 2.45) is 0 Å². The summed E-state index contributed by atoms with van der Waals surface area (Å²) in [5, 5.41) is 4.64. The minimum absolute atomic E-state index is 0.0429. The number of carbonyl (C=O) groups excluding carboxylic acids is 1. The number of amides is 1. The molecular weight excluding hydrogens is 314 g/mol. The number of carbonyl (C=O) groups is 1. The fraction of sp³-hybridized carbons (Fsp3) is 0.412. The van der Waals surface area contributed by atoms with Crippen LogP contribution in [0.1, 0.15) is 23.0 Å². The maximum absolute atomic E-state index is 13.0. The van der Waals surface area contributed by atoms with Gasteiger partial charge in [-0.3, -0.25) is 4.79 Å². The Balaban J connectivity index is 1.96. The minimum atomic E-state index is -0.0429. The molecule has 6 heteroatoms. The van der Waals surface area contributed by atoms with Crippen molar-refractivity contribution in [3.63, 3.8) is 0 Å². The van der Waals surface area contributed by atoms with Crippen molar-refractivity contribution in [2.75, 3.05) is 26.7 Å². The predicted octanol–water partition coefficient (Wildman–Crippen LogP) is 3.08. The molecule has 0 radical (unpaired) electrons. The summed E-state index contributed by atoms with van der Waals surface area (Å²) in [4.78, 5) is 17.1. The second-order valence-corrected chi connectivity index (χ2v) is 6.43. The van der Waals surface area contributed by atoms with E-state index in [-0.39, 0.29) is 5.91 Å². The van der Waals surface area contributed by atoms with E-state index >= 15 is 0 Å². The number of hydrogen-bond acceptors (Lipinski definition) is 4. The number of likely N-dealkylation sites (N-methyl/N-ethyl adjacent to an activating group) is 1. The van der Waals surface area contributed by atoms with Crippen molar-refractivity contribution < 1.29 is 9.32 Å². The van der Waals surface area contributed by atoms with Gasteiger partial charge in [0.05, 0.1) is 5.02 Å². The van der Waals surface area contributed by atoms with Gasteiger partial charge in [0, 0.05) is 31.2 Å². The lowest BCUT2D eigenvalue weighted by Gasteiger charge is -2.37. The molecule has 0 unspecified atom stereocenters. The average Bonchev–Trinajstić information content (AvgIpc) is 2.91. The molecular formula is C17H20ClN3O2. The van der Waals surface area contributed by atoms with Crippen LogP contribution in [0.4, 0.5) is 0 Å². The minimum Gasteiger partial charge on any atom is -0.360 e. The number of piperazine rings is 1. The van der Waals surface area contributed by atoms with Crippen molar-refractivity contribution in [2.45, 2.75) is 19.9 Å². The first-order chi connectivity index (χ1) is 11.0. The first-order valence-corrected chi connectivity index (χ1v) is 8.07. The van der Waals surface area contributed by atoms with Crippen molar-refractivity contribution in [3.05, 3.63) is 40.6 Å². The van der Waals surface area contributed by atoms with E-state index in [1.54, 1.807) is 13.0 Å². The lowest BCUT2D eigenvalue weighted by Crippen LogP contribution is -2.52. The molecule has 1 atom stereocenters. The van der Waals surface area contributed by atoms with Gasteiger partial charge in [-0.2, -0.15) is 0 Å². The smallest absolute Gasteiger partial charge is 0.259 e. The molecule has 2 aromatic rings. The Bertz CT molecular complexity index is 728. The fourth-order valence-corrected chi connectivity index (χ4v) is 3.08. The van der Waals surface area contributed by atoms with Crippen LogP contribution in [0.3, 0.4) is 0 Å². The van der Waals surface area contributed by atoms with E-state index in [1.807, 2.05) is 23.1 Å². The number of rotatable bonds is 2. The van der Waals surface area contributed by atoms with Gasteiger partial charge in [0.25, 0.3) is 5.91 Å². The maximum atomic E-state index is 13.0. The van der Waals surface area contributed by atoms with Gasteiger partial charge < -0.3 is 14.3 Å². The molecule has 1 aromatic carbocycles. The fourth-order valence-electron chi connectivity index (χ4n) is 2.85. The van der Waals surface area contributed by atoms with Crippen LogP contribution in [0, 0.1) is 6.92 Å². The highest BCUT2D eigenvalue weighted by Gasteiger charge is 2.30. The molecule has 1 aromatic heterocycles. The van der Waals surface area contributed by atoms with Gasteiger partial charge in [-0.25, -0.2) is 0 Å². The van der Waals surface area contributed by atoms with Crippen molar-refractivity contribution in [1.29, 1.82) is 0 Å². The van der Waals surface area contributed by atoms with Crippen LogP contribution in [-0.4, -0.2) is 53.6 Å². The first kappa shape index (κ1) is 16.0. The summed E-state index contributed by atoms with van der Waals surface area (Å²) < 4.78 is 5.30. The van der Waals surface area contributed by atoms with E-state index in [1.165, 1.54) is 0 Å². The Morgan fingerprint density at radius 2 is 2.09 bits per heavy atom. The Morgan fingerprint density at radius 3 is 2.78 bits per heavy atom. The number of halogens is 1. The van der Waals surface area contributed by atoms with E-state index in [0.29, 0.717) is 41.2 Å². The zero-order valence-electron chi connectivity index (χ0n) is 13.5. The number of benzene rings is 1. The van der Waals surface area contributed by atoms with Crippen LogP contribution in [-0.2, 0) is 0 Å². The lowest BCUT2D eigenvalue weighted by molar-refractivity contribution is 0.0571. The van der Waals surface area contributed by atoms with Crippen LogP contribution < -0.4 is 0 Å². The largest absolute Gasteiger partial charge is 0.360 e. The topological polar surface area (TPSA) is 49.6 Å². The van der Waals surface area contributed by atoms with Crippen LogP contribution in [0.25, 0.3) is 11.3 Å². The second-order valence-electron chi connectivity index (χ2n) is 6.02. The quantitative estimate of drug-likeness (QED) is 0.847. The van der Waals surface area contributed by atoms with Crippen molar-refractivity contribution in [3.8, 4) is 11.3 Å². The second kappa shape index (κ2) is 6.34. The molecule has 1 aliphatic heterocycles. The van der Waals surface area contributed by atoms with Crippen LogP contribution in [0.15, 0.2) is 28.8 Å². The van der Waals surface area contributed by atoms with E-state index in [4.69, 9.17) is 16.1 Å². The summed E-state index contributed by atoms with van der Waals surface area (Å²) >= 11 is 6.26. The van der Waals surface area contributed by atoms with E-state index in [0.717, 1.165) is 12.1 Å². The summed E-state index contributed by atoms with van der Waals surface area (Å²) in [5.74, 6) is 0.482. The van der Waals surface area contributed by atoms with Gasteiger partial charge in [0.1, 0.15) is 17.0 Å². The average molecular weight is 334 g/mol. The number of aryl methyl sites for hydroxylation is 1. The summed E-state index contributed by atoms with van der Waals surface area (Å²) in [5.41, 5.74) is 1.75. The zero-order valence-corrected chi connectivity index (χ0v) is 14.3. The monoisotopic (exact) mass is 333 g/mol.